The number of aliphatic hydroxyl groups is 1. The molecule has 6 nitrogen and oxygen atoms in total. The third-order valence-corrected chi connectivity index (χ3v) is 6.59. The summed E-state index contributed by atoms with van der Waals surface area (Å²) in [6.45, 7) is 0. The number of nitrogens with zero attached hydrogens (tertiary/aromatic N) is 4. The van der Waals surface area contributed by atoms with E-state index in [2.05, 4.69) is 15.1 Å². The molecule has 0 saturated carbocycles. The van der Waals surface area contributed by atoms with Gasteiger partial charge in [0.1, 0.15) is 17.4 Å². The summed E-state index contributed by atoms with van der Waals surface area (Å²) in [6.07, 6.45) is 0. The molecule has 2 aromatic carbocycles. The molecule has 10 heteroatoms. The summed E-state index contributed by atoms with van der Waals surface area (Å²) in [5.74, 6) is 0.435. The van der Waals surface area contributed by atoms with Crippen molar-refractivity contribution >= 4 is 63.5 Å². The normalized spacial score (nSPS) is 12.0. The zero-order valence-corrected chi connectivity index (χ0v) is 17.9. The molecule has 144 valence electrons. The first-order valence-electron chi connectivity index (χ1n) is 8.31. The number of H-pyrrole nitrogens is 1. The number of aromatic amines is 1. The van der Waals surface area contributed by atoms with Crippen molar-refractivity contribution in [2.24, 2.45) is 0 Å². The molecule has 29 heavy (non-hydrogen) atoms. The fraction of sp³-hybridized carbons (Fsp3) is 0.0526. The van der Waals surface area contributed by atoms with Crippen molar-refractivity contribution < 1.29 is 5.11 Å². The van der Waals surface area contributed by atoms with Crippen molar-refractivity contribution in [1.82, 2.24) is 19.7 Å². The molecule has 0 spiro atoms. The van der Waals surface area contributed by atoms with Gasteiger partial charge in [-0.05, 0) is 48.6 Å². The van der Waals surface area contributed by atoms with Crippen LogP contribution < -0.4 is 0 Å². The molecular weight excluding hydrogens is 446 g/mol. The summed E-state index contributed by atoms with van der Waals surface area (Å²) < 4.78 is 2.90. The van der Waals surface area contributed by atoms with Crippen LogP contribution >= 0.6 is 46.9 Å². The van der Waals surface area contributed by atoms with Gasteiger partial charge >= 0.3 is 0 Å². The molecule has 0 radical (unpaired) electrons. The van der Waals surface area contributed by atoms with E-state index < -0.39 is 0 Å². The van der Waals surface area contributed by atoms with Crippen molar-refractivity contribution in [2.75, 3.05) is 5.75 Å². The summed E-state index contributed by atoms with van der Waals surface area (Å²) in [5, 5.41) is 25.1. The highest BCUT2D eigenvalue weighted by Gasteiger charge is 2.15. The molecule has 0 fully saturated rings. The van der Waals surface area contributed by atoms with Crippen LogP contribution in [0.2, 0.25) is 5.02 Å². The van der Waals surface area contributed by atoms with Gasteiger partial charge in [0.05, 0.1) is 22.5 Å². The van der Waals surface area contributed by atoms with Gasteiger partial charge in [-0.2, -0.15) is 5.26 Å². The summed E-state index contributed by atoms with van der Waals surface area (Å²) in [7, 11) is 0. The molecule has 0 saturated heterocycles. The minimum atomic E-state index is -0.0734. The standard InChI is InChI=1S/C19H12ClN5OS3/c20-11-5-7-12(8-6-11)25-19(27)29-18(24-25)28-10-16(26)13(9-21)17-22-14-3-1-2-4-15(14)23-17/h1-8,26H,10H2,(H,22,23). The second-order valence-electron chi connectivity index (χ2n) is 5.85. The van der Waals surface area contributed by atoms with Crippen LogP contribution in [0.15, 0.2) is 58.6 Å². The van der Waals surface area contributed by atoms with Crippen molar-refractivity contribution in [3.05, 3.63) is 69.1 Å². The Hall–Kier alpha value is -2.64. The molecule has 0 atom stereocenters. The Bertz CT molecular complexity index is 1280. The van der Waals surface area contributed by atoms with E-state index in [1.807, 2.05) is 42.5 Å². The predicted octanol–water partition coefficient (Wildman–Crippen LogP) is 5.78. The Morgan fingerprint density at radius 2 is 2.03 bits per heavy atom. The number of allylic oxidation sites excluding steroid dienone is 1. The molecule has 0 aliphatic carbocycles. The number of aliphatic hydroxyl groups excluding tert-OH is 1. The Balaban J connectivity index is 1.56. The topological polar surface area (TPSA) is 90.5 Å². The van der Waals surface area contributed by atoms with Crippen LogP contribution in [0, 0.1) is 15.3 Å². The predicted molar refractivity (Wildman–Crippen MR) is 119 cm³/mol. The first-order valence-corrected chi connectivity index (χ1v) is 10.9. The zero-order chi connectivity index (χ0) is 20.4. The summed E-state index contributed by atoms with van der Waals surface area (Å²) in [6, 6.07) is 16.7. The number of fused-ring (bicyclic) bond motifs is 1. The van der Waals surface area contributed by atoms with Gasteiger partial charge in [-0.3, -0.25) is 0 Å². The molecule has 2 aromatic heterocycles. The summed E-state index contributed by atoms with van der Waals surface area (Å²) in [4.78, 5) is 7.43. The van der Waals surface area contributed by atoms with Gasteiger partial charge < -0.3 is 10.1 Å². The van der Waals surface area contributed by atoms with E-state index in [0.29, 0.717) is 19.1 Å². The number of hydrogen-bond donors (Lipinski definition) is 2. The number of rotatable bonds is 5. The van der Waals surface area contributed by atoms with Gasteiger partial charge in [0, 0.05) is 5.02 Å². The third kappa shape index (κ3) is 4.21. The second kappa shape index (κ2) is 8.39. The smallest absolute Gasteiger partial charge is 0.184 e. The van der Waals surface area contributed by atoms with Crippen molar-refractivity contribution in [3.63, 3.8) is 0 Å². The van der Waals surface area contributed by atoms with Crippen LogP contribution in [0.3, 0.4) is 0 Å². The third-order valence-electron chi connectivity index (χ3n) is 3.96. The van der Waals surface area contributed by atoms with Gasteiger partial charge in [0.2, 0.25) is 0 Å². The van der Waals surface area contributed by atoms with Gasteiger partial charge in [0.25, 0.3) is 0 Å². The lowest BCUT2D eigenvalue weighted by atomic mass is 10.2. The maximum Gasteiger partial charge on any atom is 0.184 e. The number of halogens is 1. The van der Waals surface area contributed by atoms with E-state index in [1.54, 1.807) is 16.8 Å². The number of para-hydroxylation sites is 2. The molecule has 0 aliphatic heterocycles. The number of benzene rings is 2. The van der Waals surface area contributed by atoms with Crippen molar-refractivity contribution in [3.8, 4) is 11.8 Å². The number of thioether (sulfide) groups is 1. The van der Waals surface area contributed by atoms with Crippen LogP contribution in [0.1, 0.15) is 5.82 Å². The van der Waals surface area contributed by atoms with Crippen molar-refractivity contribution in [2.45, 2.75) is 4.34 Å². The van der Waals surface area contributed by atoms with E-state index in [0.717, 1.165) is 16.7 Å². The Morgan fingerprint density at radius 3 is 2.76 bits per heavy atom. The fourth-order valence-electron chi connectivity index (χ4n) is 2.59. The fourth-order valence-corrected chi connectivity index (χ4v) is 4.96. The number of nitrogens with one attached hydrogen (secondary N) is 1. The van der Waals surface area contributed by atoms with E-state index in [4.69, 9.17) is 23.8 Å². The molecule has 2 N–H and O–H groups in total. The monoisotopic (exact) mass is 457 g/mol. The van der Waals surface area contributed by atoms with Gasteiger partial charge in [-0.1, -0.05) is 46.8 Å². The molecule has 0 amide bonds. The van der Waals surface area contributed by atoms with E-state index in [1.165, 1.54) is 23.1 Å². The molecule has 0 unspecified atom stereocenters. The number of nitriles is 1. The SMILES string of the molecule is N#CC(=C(O)CSc1nn(-c2ccc(Cl)cc2)c(=S)s1)c1nc2ccccc2[nH]1. The minimum absolute atomic E-state index is 0.0734. The highest BCUT2D eigenvalue weighted by Crippen LogP contribution is 2.28. The van der Waals surface area contributed by atoms with Gasteiger partial charge in [0.15, 0.2) is 14.1 Å². The van der Waals surface area contributed by atoms with E-state index in [-0.39, 0.29) is 17.1 Å². The summed E-state index contributed by atoms with van der Waals surface area (Å²) in [5.41, 5.74) is 2.45. The largest absolute Gasteiger partial charge is 0.510 e. The molecule has 2 heterocycles. The highest BCUT2D eigenvalue weighted by molar-refractivity contribution is 8.01. The Labute approximate surface area is 184 Å². The van der Waals surface area contributed by atoms with Crippen molar-refractivity contribution in [1.29, 1.82) is 5.26 Å². The lowest BCUT2D eigenvalue weighted by Crippen LogP contribution is -1.97. The minimum Gasteiger partial charge on any atom is -0.510 e. The molecule has 4 rings (SSSR count). The average Bonchev–Trinajstić information content (AvgIpc) is 3.31. The molecule has 0 bridgehead atoms. The summed E-state index contributed by atoms with van der Waals surface area (Å²) >= 11 is 13.9. The van der Waals surface area contributed by atoms with Crippen LogP contribution in [-0.2, 0) is 0 Å². The van der Waals surface area contributed by atoms with Gasteiger partial charge in [-0.15, -0.1) is 5.10 Å². The van der Waals surface area contributed by atoms with Crippen LogP contribution in [0.5, 0.6) is 0 Å². The van der Waals surface area contributed by atoms with Crippen LogP contribution in [-0.4, -0.2) is 30.6 Å². The lowest BCUT2D eigenvalue weighted by Gasteiger charge is -2.01. The molecule has 4 aromatic rings. The lowest BCUT2D eigenvalue weighted by molar-refractivity contribution is 0.420. The first kappa shape index (κ1) is 19.7. The average molecular weight is 458 g/mol. The molecular formula is C19H12ClN5OS3. The number of hydrogen-bond acceptors (Lipinski definition) is 7. The first-order chi connectivity index (χ1) is 14.0. The maximum atomic E-state index is 10.5. The quantitative estimate of drug-likeness (QED) is 0.171. The van der Waals surface area contributed by atoms with Crippen LogP contribution in [0.25, 0.3) is 22.3 Å². The van der Waals surface area contributed by atoms with E-state index in [9.17, 15) is 10.4 Å². The Morgan fingerprint density at radius 1 is 1.28 bits per heavy atom. The maximum absolute atomic E-state index is 10.5. The van der Waals surface area contributed by atoms with E-state index >= 15 is 0 Å². The Kier molecular flexibility index (Phi) is 5.69. The number of imidazole rings is 1. The molecule has 0 aliphatic rings. The zero-order valence-electron chi connectivity index (χ0n) is 14.7. The highest BCUT2D eigenvalue weighted by atomic mass is 35.5. The van der Waals surface area contributed by atoms with Gasteiger partial charge in [-0.25, -0.2) is 9.67 Å². The second-order valence-corrected chi connectivity index (χ2v) is 9.13. The number of aromatic nitrogens is 4. The van der Waals surface area contributed by atoms with Crippen LogP contribution in [0.4, 0.5) is 0 Å².